The SMILES string of the molecule is O=C(Nc1ccccc1N1CCC(CO)CC1)c1cccc2[nH]ccc12. The standard InChI is InChI=1S/C21H23N3O2/c25-14-15-9-12-24(13-10-15)20-7-2-1-5-19(20)23-21(26)17-4-3-6-18-16(17)8-11-22-18/h1-8,11,15,22,25H,9-10,12-14H2,(H,23,26). The van der Waals surface area contributed by atoms with E-state index < -0.39 is 0 Å². The van der Waals surface area contributed by atoms with Crippen LogP contribution in [-0.4, -0.2) is 35.7 Å². The fraction of sp³-hybridized carbons (Fsp3) is 0.286. The van der Waals surface area contributed by atoms with Crippen LogP contribution in [0.4, 0.5) is 11.4 Å². The van der Waals surface area contributed by atoms with Crippen molar-refractivity contribution in [3.8, 4) is 0 Å². The lowest BCUT2D eigenvalue weighted by Crippen LogP contribution is -2.35. The number of anilines is 2. The second kappa shape index (κ2) is 7.22. The molecule has 0 radical (unpaired) electrons. The van der Waals surface area contributed by atoms with E-state index in [1.807, 2.05) is 54.7 Å². The maximum Gasteiger partial charge on any atom is 0.256 e. The number of fused-ring (bicyclic) bond motifs is 1. The highest BCUT2D eigenvalue weighted by Crippen LogP contribution is 2.30. The van der Waals surface area contributed by atoms with E-state index in [2.05, 4.69) is 15.2 Å². The van der Waals surface area contributed by atoms with Gasteiger partial charge in [0.1, 0.15) is 0 Å². The Hall–Kier alpha value is -2.79. The molecule has 0 spiro atoms. The quantitative estimate of drug-likeness (QED) is 0.674. The summed E-state index contributed by atoms with van der Waals surface area (Å²) < 4.78 is 0. The number of carbonyl (C=O) groups excluding carboxylic acids is 1. The van der Waals surface area contributed by atoms with Crippen molar-refractivity contribution >= 4 is 28.2 Å². The van der Waals surface area contributed by atoms with E-state index in [1.165, 1.54) is 0 Å². The lowest BCUT2D eigenvalue weighted by atomic mass is 9.97. The van der Waals surface area contributed by atoms with Gasteiger partial charge in [-0.05, 0) is 49.1 Å². The number of carbonyl (C=O) groups is 1. The van der Waals surface area contributed by atoms with Crippen molar-refractivity contribution in [1.82, 2.24) is 4.98 Å². The van der Waals surface area contributed by atoms with Crippen LogP contribution in [0.1, 0.15) is 23.2 Å². The molecule has 1 fully saturated rings. The second-order valence-corrected chi connectivity index (χ2v) is 6.83. The molecule has 1 aliphatic heterocycles. The molecule has 0 aliphatic carbocycles. The van der Waals surface area contributed by atoms with Crippen LogP contribution in [-0.2, 0) is 0 Å². The van der Waals surface area contributed by atoms with Gasteiger partial charge in [-0.15, -0.1) is 0 Å². The number of aliphatic hydroxyl groups excluding tert-OH is 1. The van der Waals surface area contributed by atoms with E-state index in [-0.39, 0.29) is 12.5 Å². The average molecular weight is 349 g/mol. The molecule has 1 amide bonds. The molecule has 3 aromatic rings. The summed E-state index contributed by atoms with van der Waals surface area (Å²) in [6.45, 7) is 2.05. The largest absolute Gasteiger partial charge is 0.396 e. The van der Waals surface area contributed by atoms with Gasteiger partial charge in [0, 0.05) is 42.4 Å². The Morgan fingerprint density at radius 1 is 1.12 bits per heavy atom. The van der Waals surface area contributed by atoms with Gasteiger partial charge in [-0.1, -0.05) is 18.2 Å². The smallest absolute Gasteiger partial charge is 0.256 e. The van der Waals surface area contributed by atoms with Gasteiger partial charge < -0.3 is 20.3 Å². The highest BCUT2D eigenvalue weighted by Gasteiger charge is 2.21. The number of aromatic nitrogens is 1. The predicted molar refractivity (Wildman–Crippen MR) is 105 cm³/mol. The number of nitrogens with zero attached hydrogens (tertiary/aromatic N) is 1. The third-order valence-corrected chi connectivity index (χ3v) is 5.21. The van der Waals surface area contributed by atoms with Crippen LogP contribution < -0.4 is 10.2 Å². The lowest BCUT2D eigenvalue weighted by molar-refractivity contribution is 0.102. The molecule has 5 heteroatoms. The summed E-state index contributed by atoms with van der Waals surface area (Å²) in [5.74, 6) is 0.284. The van der Waals surface area contributed by atoms with Crippen LogP contribution in [0.3, 0.4) is 0 Å². The number of hydrogen-bond acceptors (Lipinski definition) is 3. The van der Waals surface area contributed by atoms with Gasteiger partial charge in [0.15, 0.2) is 0 Å². The molecular formula is C21H23N3O2. The molecule has 0 unspecified atom stereocenters. The van der Waals surface area contributed by atoms with Crippen molar-refractivity contribution in [2.75, 3.05) is 29.9 Å². The van der Waals surface area contributed by atoms with Gasteiger partial charge in [-0.25, -0.2) is 0 Å². The first-order valence-corrected chi connectivity index (χ1v) is 9.08. The molecule has 2 aromatic carbocycles. The van der Waals surface area contributed by atoms with Crippen LogP contribution in [0.2, 0.25) is 0 Å². The van der Waals surface area contributed by atoms with Crippen LogP contribution in [0.15, 0.2) is 54.7 Å². The maximum absolute atomic E-state index is 12.9. The van der Waals surface area contributed by atoms with Gasteiger partial charge in [-0.3, -0.25) is 4.79 Å². The van der Waals surface area contributed by atoms with E-state index >= 15 is 0 Å². The van der Waals surface area contributed by atoms with Gasteiger partial charge in [0.05, 0.1) is 11.4 Å². The number of amides is 1. The molecule has 26 heavy (non-hydrogen) atoms. The summed E-state index contributed by atoms with van der Waals surface area (Å²) in [5, 5.41) is 13.3. The predicted octanol–water partition coefficient (Wildman–Crippen LogP) is 3.63. The summed E-state index contributed by atoms with van der Waals surface area (Å²) >= 11 is 0. The normalized spacial score (nSPS) is 15.3. The first-order valence-electron chi connectivity index (χ1n) is 9.08. The summed E-state index contributed by atoms with van der Waals surface area (Å²) in [5.41, 5.74) is 3.49. The Morgan fingerprint density at radius 2 is 1.92 bits per heavy atom. The number of para-hydroxylation sites is 2. The zero-order valence-electron chi connectivity index (χ0n) is 14.6. The van der Waals surface area contributed by atoms with E-state index in [4.69, 9.17) is 0 Å². The first kappa shape index (κ1) is 16.7. The summed E-state index contributed by atoms with van der Waals surface area (Å²) in [6, 6.07) is 15.6. The molecule has 2 heterocycles. The fourth-order valence-corrected chi connectivity index (χ4v) is 3.68. The topological polar surface area (TPSA) is 68.4 Å². The van der Waals surface area contributed by atoms with Crippen LogP contribution in [0.25, 0.3) is 10.9 Å². The minimum atomic E-state index is -0.104. The zero-order chi connectivity index (χ0) is 17.9. The van der Waals surface area contributed by atoms with Crippen molar-refractivity contribution in [3.63, 3.8) is 0 Å². The van der Waals surface area contributed by atoms with Crippen molar-refractivity contribution in [2.24, 2.45) is 5.92 Å². The molecule has 1 aliphatic rings. The average Bonchev–Trinajstić information content (AvgIpc) is 3.17. The zero-order valence-corrected chi connectivity index (χ0v) is 14.6. The monoisotopic (exact) mass is 349 g/mol. The Kier molecular flexibility index (Phi) is 4.63. The molecule has 1 saturated heterocycles. The van der Waals surface area contributed by atoms with E-state index in [0.29, 0.717) is 11.5 Å². The number of rotatable bonds is 4. The maximum atomic E-state index is 12.9. The Bertz CT molecular complexity index is 910. The summed E-state index contributed by atoms with van der Waals surface area (Å²) in [7, 11) is 0. The van der Waals surface area contributed by atoms with Crippen molar-refractivity contribution in [3.05, 3.63) is 60.3 Å². The third kappa shape index (κ3) is 3.18. The molecule has 1 aromatic heterocycles. The first-order chi connectivity index (χ1) is 12.8. The Morgan fingerprint density at radius 3 is 2.73 bits per heavy atom. The highest BCUT2D eigenvalue weighted by molar-refractivity contribution is 6.13. The Balaban J connectivity index is 1.57. The number of H-pyrrole nitrogens is 1. The van der Waals surface area contributed by atoms with E-state index in [1.54, 1.807) is 0 Å². The number of benzene rings is 2. The van der Waals surface area contributed by atoms with Crippen molar-refractivity contribution < 1.29 is 9.90 Å². The molecule has 0 atom stereocenters. The molecule has 134 valence electrons. The van der Waals surface area contributed by atoms with Gasteiger partial charge in [-0.2, -0.15) is 0 Å². The molecular weight excluding hydrogens is 326 g/mol. The molecule has 3 N–H and O–H groups in total. The summed E-state index contributed by atoms with van der Waals surface area (Å²) in [4.78, 5) is 18.3. The van der Waals surface area contributed by atoms with Gasteiger partial charge in [0.2, 0.25) is 0 Å². The molecule has 0 saturated carbocycles. The minimum Gasteiger partial charge on any atom is -0.396 e. The Labute approximate surface area is 152 Å². The van der Waals surface area contributed by atoms with Gasteiger partial charge >= 0.3 is 0 Å². The van der Waals surface area contributed by atoms with Crippen LogP contribution >= 0.6 is 0 Å². The molecule has 5 nitrogen and oxygen atoms in total. The number of hydrogen-bond donors (Lipinski definition) is 3. The summed E-state index contributed by atoms with van der Waals surface area (Å²) in [6.07, 6.45) is 3.80. The number of nitrogens with one attached hydrogen (secondary N) is 2. The molecule has 4 rings (SSSR count). The third-order valence-electron chi connectivity index (χ3n) is 5.21. The fourth-order valence-electron chi connectivity index (χ4n) is 3.68. The van der Waals surface area contributed by atoms with Crippen molar-refractivity contribution in [1.29, 1.82) is 0 Å². The number of piperidine rings is 1. The number of aromatic amines is 1. The lowest BCUT2D eigenvalue weighted by Gasteiger charge is -2.34. The van der Waals surface area contributed by atoms with E-state index in [9.17, 15) is 9.90 Å². The van der Waals surface area contributed by atoms with Crippen molar-refractivity contribution in [2.45, 2.75) is 12.8 Å². The second-order valence-electron chi connectivity index (χ2n) is 6.83. The highest BCUT2D eigenvalue weighted by atomic mass is 16.3. The minimum absolute atomic E-state index is 0.104. The van der Waals surface area contributed by atoms with E-state index in [0.717, 1.165) is 48.2 Å². The molecule has 0 bridgehead atoms. The number of aliphatic hydroxyl groups is 1. The van der Waals surface area contributed by atoms with Gasteiger partial charge in [0.25, 0.3) is 5.91 Å². The van der Waals surface area contributed by atoms with Crippen LogP contribution in [0, 0.1) is 5.92 Å². The van der Waals surface area contributed by atoms with Crippen LogP contribution in [0.5, 0.6) is 0 Å².